The topological polar surface area (TPSA) is 104 Å². The highest BCUT2D eigenvalue weighted by atomic mass is 32.2. The highest BCUT2D eigenvalue weighted by Crippen LogP contribution is 2.30. The van der Waals surface area contributed by atoms with Crippen LogP contribution in [0.2, 0.25) is 0 Å². The predicted octanol–water partition coefficient (Wildman–Crippen LogP) is 5.17. The number of carbonyl (C=O) groups is 1. The molecular formula is C23H18N4O4S2. The van der Waals surface area contributed by atoms with Gasteiger partial charge >= 0.3 is 0 Å². The number of benzene rings is 1. The van der Waals surface area contributed by atoms with E-state index in [1.807, 2.05) is 49.4 Å². The summed E-state index contributed by atoms with van der Waals surface area (Å²) in [7, 11) is 0. The molecule has 2 aliphatic rings. The molecule has 1 aromatic carbocycles. The first-order valence-corrected chi connectivity index (χ1v) is 11.8. The third-order valence-electron chi connectivity index (χ3n) is 4.67. The van der Waals surface area contributed by atoms with Crippen molar-refractivity contribution in [3.05, 3.63) is 77.5 Å². The number of hydrogen-bond acceptors (Lipinski definition) is 8. The Morgan fingerprint density at radius 2 is 2.15 bits per heavy atom. The van der Waals surface area contributed by atoms with E-state index in [1.54, 1.807) is 12.3 Å². The SMILES string of the molecule is Cc1cccc(OCC2=NN3C(=N)/C(=C\c4ccc(SCc5ccco5)o4)C(=O)N=C3S2)c1. The number of rotatable bonds is 7. The van der Waals surface area contributed by atoms with Gasteiger partial charge in [-0.2, -0.15) is 15.1 Å². The molecule has 1 N–H and O–H groups in total. The first-order chi connectivity index (χ1) is 16.0. The number of ether oxygens (including phenoxy) is 1. The number of amidine groups is 2. The van der Waals surface area contributed by atoms with Crippen LogP contribution >= 0.6 is 23.5 Å². The number of nitrogens with one attached hydrogen (secondary N) is 1. The molecular weight excluding hydrogens is 460 g/mol. The molecule has 33 heavy (non-hydrogen) atoms. The van der Waals surface area contributed by atoms with Crippen LogP contribution in [-0.4, -0.2) is 33.6 Å². The largest absolute Gasteiger partial charge is 0.487 e. The molecule has 0 saturated heterocycles. The number of carbonyl (C=O) groups excluding carboxylic acids is 1. The van der Waals surface area contributed by atoms with Gasteiger partial charge in [-0.3, -0.25) is 10.2 Å². The molecule has 166 valence electrons. The fourth-order valence-electron chi connectivity index (χ4n) is 3.11. The molecule has 0 radical (unpaired) electrons. The molecule has 1 amide bonds. The first kappa shape index (κ1) is 21.4. The Balaban J connectivity index is 1.27. The zero-order valence-electron chi connectivity index (χ0n) is 17.5. The van der Waals surface area contributed by atoms with Gasteiger partial charge in [0, 0.05) is 0 Å². The summed E-state index contributed by atoms with van der Waals surface area (Å²) in [6.07, 6.45) is 3.14. The maximum Gasteiger partial charge on any atom is 0.283 e. The Kier molecular flexibility index (Phi) is 5.93. The lowest BCUT2D eigenvalue weighted by Crippen LogP contribution is -2.35. The van der Waals surface area contributed by atoms with Gasteiger partial charge in [0.2, 0.25) is 5.17 Å². The number of aliphatic imine (C=N–C) groups is 1. The number of fused-ring (bicyclic) bond motifs is 1. The summed E-state index contributed by atoms with van der Waals surface area (Å²) in [5, 5.41) is 15.9. The Labute approximate surface area is 197 Å². The van der Waals surface area contributed by atoms with Gasteiger partial charge in [-0.15, -0.1) is 0 Å². The van der Waals surface area contributed by atoms with Crippen molar-refractivity contribution in [1.82, 2.24) is 5.01 Å². The van der Waals surface area contributed by atoms with Gasteiger partial charge in [0.25, 0.3) is 5.91 Å². The van der Waals surface area contributed by atoms with Crippen molar-refractivity contribution < 1.29 is 18.4 Å². The summed E-state index contributed by atoms with van der Waals surface area (Å²) in [4.78, 5) is 16.7. The van der Waals surface area contributed by atoms with Crippen LogP contribution in [0.5, 0.6) is 5.75 Å². The molecule has 0 fully saturated rings. The Morgan fingerprint density at radius 3 is 2.97 bits per heavy atom. The highest BCUT2D eigenvalue weighted by molar-refractivity contribution is 8.27. The maximum atomic E-state index is 12.6. The maximum absolute atomic E-state index is 12.6. The zero-order chi connectivity index (χ0) is 22.8. The number of amides is 1. The summed E-state index contributed by atoms with van der Waals surface area (Å²) in [5.74, 6) is 2.11. The minimum absolute atomic E-state index is 0.0516. The minimum Gasteiger partial charge on any atom is -0.487 e. The quantitative estimate of drug-likeness (QED) is 0.369. The predicted molar refractivity (Wildman–Crippen MR) is 129 cm³/mol. The Bertz CT molecular complexity index is 1310. The van der Waals surface area contributed by atoms with Gasteiger partial charge in [-0.1, -0.05) is 23.9 Å². The summed E-state index contributed by atoms with van der Waals surface area (Å²) >= 11 is 2.70. The molecule has 2 aliphatic heterocycles. The van der Waals surface area contributed by atoms with Crippen LogP contribution in [0.1, 0.15) is 17.1 Å². The number of hydrazone groups is 1. The number of aryl methyl sites for hydroxylation is 1. The van der Waals surface area contributed by atoms with E-state index in [0.29, 0.717) is 26.8 Å². The smallest absolute Gasteiger partial charge is 0.283 e. The number of thioether (sulfide) groups is 2. The van der Waals surface area contributed by atoms with E-state index in [0.717, 1.165) is 17.1 Å². The Hall–Kier alpha value is -3.50. The molecule has 0 unspecified atom stereocenters. The van der Waals surface area contributed by atoms with E-state index in [2.05, 4.69) is 10.1 Å². The van der Waals surface area contributed by atoms with Crippen molar-refractivity contribution in [3.8, 4) is 5.75 Å². The van der Waals surface area contributed by atoms with Crippen LogP contribution < -0.4 is 4.74 Å². The Morgan fingerprint density at radius 1 is 1.24 bits per heavy atom. The van der Waals surface area contributed by atoms with E-state index in [-0.39, 0.29) is 18.0 Å². The van der Waals surface area contributed by atoms with Crippen molar-refractivity contribution in [3.63, 3.8) is 0 Å². The standard InChI is InChI=1S/C23H18N4O4S2/c1-14-4-2-5-15(10-14)30-12-19-26-27-21(24)18(22(28)25-23(27)33-19)11-16-7-8-20(31-16)32-13-17-6-3-9-29-17/h2-11,24H,12-13H2,1H3/b18-11+,24-21?. The van der Waals surface area contributed by atoms with Gasteiger partial charge < -0.3 is 13.6 Å². The van der Waals surface area contributed by atoms with Crippen molar-refractivity contribution in [2.45, 2.75) is 17.8 Å². The fraction of sp³-hybridized carbons (Fsp3) is 0.130. The lowest BCUT2D eigenvalue weighted by molar-refractivity contribution is -0.114. The second-order valence-electron chi connectivity index (χ2n) is 7.14. The van der Waals surface area contributed by atoms with Gasteiger partial charge in [-0.05, 0) is 66.7 Å². The van der Waals surface area contributed by atoms with Crippen LogP contribution in [0.15, 0.2) is 84.4 Å². The van der Waals surface area contributed by atoms with Crippen molar-refractivity contribution in [1.29, 1.82) is 5.41 Å². The van der Waals surface area contributed by atoms with Crippen molar-refractivity contribution in [2.24, 2.45) is 10.1 Å². The van der Waals surface area contributed by atoms with Crippen LogP contribution in [0.3, 0.4) is 0 Å². The third-order valence-corrected chi connectivity index (χ3v) is 6.49. The molecule has 0 saturated carbocycles. The molecule has 5 rings (SSSR count). The molecule has 0 atom stereocenters. The minimum atomic E-state index is -0.504. The van der Waals surface area contributed by atoms with Crippen molar-refractivity contribution in [2.75, 3.05) is 6.61 Å². The lowest BCUT2D eigenvalue weighted by Gasteiger charge is -2.19. The van der Waals surface area contributed by atoms with E-state index in [4.69, 9.17) is 19.0 Å². The summed E-state index contributed by atoms with van der Waals surface area (Å²) < 4.78 is 16.9. The average molecular weight is 479 g/mol. The summed E-state index contributed by atoms with van der Waals surface area (Å²) in [6, 6.07) is 15.0. The van der Waals surface area contributed by atoms with Crippen LogP contribution in [-0.2, 0) is 10.5 Å². The normalized spacial score (nSPS) is 16.8. The van der Waals surface area contributed by atoms with Crippen molar-refractivity contribution >= 4 is 51.6 Å². The van der Waals surface area contributed by atoms with Gasteiger partial charge in [0.15, 0.2) is 10.9 Å². The monoisotopic (exact) mass is 478 g/mol. The van der Waals surface area contributed by atoms with Gasteiger partial charge in [0.1, 0.15) is 28.9 Å². The lowest BCUT2D eigenvalue weighted by atomic mass is 10.1. The molecule has 0 aliphatic carbocycles. The molecule has 2 aromatic heterocycles. The van der Waals surface area contributed by atoms with E-state index in [1.165, 1.54) is 34.6 Å². The van der Waals surface area contributed by atoms with E-state index >= 15 is 0 Å². The van der Waals surface area contributed by atoms with Crippen LogP contribution in [0.4, 0.5) is 0 Å². The zero-order valence-corrected chi connectivity index (χ0v) is 19.1. The highest BCUT2D eigenvalue weighted by Gasteiger charge is 2.36. The number of furan rings is 2. The third kappa shape index (κ3) is 4.81. The molecule has 4 heterocycles. The molecule has 0 spiro atoms. The summed E-state index contributed by atoms with van der Waals surface area (Å²) in [5.41, 5.74) is 1.21. The summed E-state index contributed by atoms with van der Waals surface area (Å²) in [6.45, 7) is 2.21. The van der Waals surface area contributed by atoms with Crippen LogP contribution in [0.25, 0.3) is 6.08 Å². The molecule has 10 heteroatoms. The number of hydrogen-bond donors (Lipinski definition) is 1. The second kappa shape index (κ2) is 9.16. The molecule has 0 bridgehead atoms. The number of nitrogens with zero attached hydrogens (tertiary/aromatic N) is 3. The van der Waals surface area contributed by atoms with Gasteiger partial charge in [-0.25, -0.2) is 0 Å². The van der Waals surface area contributed by atoms with E-state index < -0.39 is 5.91 Å². The van der Waals surface area contributed by atoms with Crippen LogP contribution in [0, 0.1) is 12.3 Å². The average Bonchev–Trinajstić information content (AvgIpc) is 3.55. The molecule has 8 nitrogen and oxygen atoms in total. The molecule has 3 aromatic rings. The second-order valence-corrected chi connectivity index (χ2v) is 9.16. The fourth-order valence-corrected chi connectivity index (χ4v) is 4.68. The first-order valence-electron chi connectivity index (χ1n) is 9.99. The van der Waals surface area contributed by atoms with Gasteiger partial charge in [0.05, 0.1) is 17.6 Å². The van der Waals surface area contributed by atoms with E-state index in [9.17, 15) is 4.79 Å².